The molecule has 0 aromatic heterocycles. The molecule has 0 saturated heterocycles. The van der Waals surface area contributed by atoms with E-state index in [1.807, 2.05) is 0 Å². The molecule has 0 spiro atoms. The fourth-order valence-electron chi connectivity index (χ4n) is 13.2. The molecule has 0 amide bonds. The summed E-state index contributed by atoms with van der Waals surface area (Å²) >= 11 is -0.826. The number of allylic oxidation sites excluding steroid dienone is 8. The molecule has 276 valence electrons. The zero-order valence-corrected chi connectivity index (χ0v) is 38.6. The Balaban J connectivity index is 0.00000104. The van der Waals surface area contributed by atoms with E-state index in [1.54, 1.807) is 22.3 Å². The van der Waals surface area contributed by atoms with Gasteiger partial charge in [-0.3, -0.25) is 0 Å². The van der Waals surface area contributed by atoms with Crippen molar-refractivity contribution in [2.75, 3.05) is 0 Å². The predicted octanol–water partition coefficient (Wildman–Crippen LogP) is 14.9. The van der Waals surface area contributed by atoms with Crippen LogP contribution < -0.4 is 0 Å². The molecule has 7 rings (SSSR count). The average molecular weight is 789 g/mol. The Labute approximate surface area is 324 Å². The van der Waals surface area contributed by atoms with Crippen LogP contribution in [-0.4, -0.2) is 0 Å². The zero-order chi connectivity index (χ0) is 34.9. The Morgan fingerprint density at radius 3 is 1.18 bits per heavy atom. The number of hydrogen-bond acceptors (Lipinski definition) is 0. The van der Waals surface area contributed by atoms with Crippen LogP contribution in [0.4, 0.5) is 0 Å². The molecule has 0 radical (unpaired) electrons. The molecule has 8 atom stereocenters. The SMILES string of the molecule is CC1(C)CCC(C)(C)C2=CC3C(C=C21)C1C=C2C(=CC1C3C1(C)CC(C)(C)C3CC(C(C)(C)C)CC31)C(C)(C)CCC2(C)C.[CH3-].[CH3-].[Cl][Zr+2][Cl]. The second-order valence-electron chi connectivity index (χ2n) is 22.2. The van der Waals surface area contributed by atoms with Gasteiger partial charge in [0.25, 0.3) is 0 Å². The summed E-state index contributed by atoms with van der Waals surface area (Å²) in [6.07, 6.45) is 21.3. The first-order valence-corrected chi connectivity index (χ1v) is 25.6. The van der Waals surface area contributed by atoms with Crippen LogP contribution in [0.25, 0.3) is 0 Å². The van der Waals surface area contributed by atoms with E-state index in [-0.39, 0.29) is 36.5 Å². The van der Waals surface area contributed by atoms with E-state index in [0.717, 1.165) is 23.7 Å². The zero-order valence-electron chi connectivity index (χ0n) is 34.6. The van der Waals surface area contributed by atoms with Gasteiger partial charge in [0, 0.05) is 0 Å². The van der Waals surface area contributed by atoms with Crippen molar-refractivity contribution in [2.24, 2.45) is 85.2 Å². The van der Waals surface area contributed by atoms with Crippen LogP contribution >= 0.6 is 17.0 Å². The fourth-order valence-corrected chi connectivity index (χ4v) is 13.2. The van der Waals surface area contributed by atoms with E-state index in [9.17, 15) is 0 Å². The van der Waals surface area contributed by atoms with Gasteiger partial charge in [-0.1, -0.05) is 121 Å². The van der Waals surface area contributed by atoms with Gasteiger partial charge in [0.15, 0.2) is 0 Å². The minimum atomic E-state index is -0.826. The minimum absolute atomic E-state index is 0. The van der Waals surface area contributed by atoms with Gasteiger partial charge in [-0.15, -0.1) is 0 Å². The molecule has 5 fully saturated rings. The van der Waals surface area contributed by atoms with E-state index >= 15 is 0 Å². The van der Waals surface area contributed by atoms with Crippen LogP contribution in [0.3, 0.4) is 0 Å². The van der Waals surface area contributed by atoms with Crippen LogP contribution in [0.1, 0.15) is 142 Å². The van der Waals surface area contributed by atoms with Crippen LogP contribution in [0, 0.1) is 100 Å². The van der Waals surface area contributed by atoms with Gasteiger partial charge in [0.1, 0.15) is 0 Å². The first-order chi connectivity index (χ1) is 21.4. The quantitative estimate of drug-likeness (QED) is 0.232. The van der Waals surface area contributed by atoms with Gasteiger partial charge in [-0.05, 0) is 152 Å². The van der Waals surface area contributed by atoms with Crippen molar-refractivity contribution in [2.45, 2.75) is 142 Å². The van der Waals surface area contributed by atoms with Crippen molar-refractivity contribution in [3.05, 3.63) is 61.4 Å². The van der Waals surface area contributed by atoms with Crippen LogP contribution in [0.15, 0.2) is 46.6 Å². The summed E-state index contributed by atoms with van der Waals surface area (Å²) in [5.74, 6) is 5.90. The first-order valence-electron chi connectivity index (χ1n) is 19.3. The molecule has 0 aliphatic heterocycles. The van der Waals surface area contributed by atoms with Crippen molar-refractivity contribution in [3.8, 4) is 0 Å². The molecule has 49 heavy (non-hydrogen) atoms. The second kappa shape index (κ2) is 13.3. The third-order valence-corrected chi connectivity index (χ3v) is 16.1. The van der Waals surface area contributed by atoms with Gasteiger partial charge in [-0.2, -0.15) is 0 Å². The third kappa shape index (κ3) is 6.74. The molecule has 0 nitrogen and oxygen atoms in total. The van der Waals surface area contributed by atoms with Gasteiger partial charge in [0.2, 0.25) is 0 Å². The molecule has 0 heterocycles. The molecule has 5 saturated carbocycles. The van der Waals surface area contributed by atoms with Gasteiger partial charge < -0.3 is 14.9 Å². The van der Waals surface area contributed by atoms with E-state index in [4.69, 9.17) is 17.0 Å². The van der Waals surface area contributed by atoms with Gasteiger partial charge in [0.05, 0.1) is 0 Å². The Morgan fingerprint density at radius 2 is 0.857 bits per heavy atom. The molecule has 3 heteroatoms. The molecular weight excluding hydrogens is 715 g/mol. The van der Waals surface area contributed by atoms with Crippen molar-refractivity contribution in [1.29, 1.82) is 0 Å². The summed E-state index contributed by atoms with van der Waals surface area (Å²) in [6.45, 7) is 36.2. The monoisotopic (exact) mass is 786 g/mol. The molecule has 8 unspecified atom stereocenters. The van der Waals surface area contributed by atoms with E-state index in [0.29, 0.717) is 39.9 Å². The van der Waals surface area contributed by atoms with E-state index in [2.05, 4.69) is 121 Å². The third-order valence-electron chi connectivity index (χ3n) is 16.1. The number of fused-ring (bicyclic) bond motifs is 6. The summed E-state index contributed by atoms with van der Waals surface area (Å²) in [5, 5.41) is 0. The number of rotatable bonds is 1. The average Bonchev–Trinajstić information content (AvgIpc) is 3.59. The molecular formula is C46H74Cl2Zr. The maximum atomic E-state index is 4.93. The van der Waals surface area contributed by atoms with Gasteiger partial charge in [-0.25, -0.2) is 0 Å². The normalized spacial score (nSPS) is 41.1. The molecule has 0 bridgehead atoms. The second-order valence-corrected chi connectivity index (χ2v) is 25.9. The Hall–Kier alpha value is 0.423. The Bertz CT molecular complexity index is 1320. The Morgan fingerprint density at radius 1 is 0.551 bits per heavy atom. The summed E-state index contributed by atoms with van der Waals surface area (Å²) in [6, 6.07) is 0. The van der Waals surface area contributed by atoms with Crippen LogP contribution in [-0.2, 0) is 20.8 Å². The molecule has 0 N–H and O–H groups in total. The summed E-state index contributed by atoms with van der Waals surface area (Å²) in [7, 11) is 9.87. The standard InChI is InChI=1S/C44H68.2CH3.2ClH.Zr/c1-38(2,3)26-19-31-36(20-26)44(14,25-43(31,12)13)37-29-23-34-32(39(4,5)15-17-41(34,8)9)21-27(29)28-22-33-35(24-30(28)37)42(10,11)18-16-40(33,6)7;;;;;/h21-24,26-31,36-37H,15-20,25H2,1-14H3;2*1H3;2*1H;/q;2*-1;;;+4/p-2. The van der Waals surface area contributed by atoms with Crippen molar-refractivity contribution in [1.82, 2.24) is 0 Å². The van der Waals surface area contributed by atoms with Crippen molar-refractivity contribution >= 4 is 17.0 Å². The van der Waals surface area contributed by atoms with E-state index < -0.39 is 20.8 Å². The van der Waals surface area contributed by atoms with Crippen molar-refractivity contribution < 1.29 is 20.8 Å². The number of halogens is 2. The first kappa shape index (κ1) is 42.2. The predicted molar refractivity (Wildman–Crippen MR) is 214 cm³/mol. The van der Waals surface area contributed by atoms with Crippen molar-refractivity contribution in [3.63, 3.8) is 0 Å². The summed E-state index contributed by atoms with van der Waals surface area (Å²) < 4.78 is 0. The Kier molecular flexibility index (Phi) is 11.5. The molecule has 0 aromatic carbocycles. The topological polar surface area (TPSA) is 0 Å². The van der Waals surface area contributed by atoms with Crippen LogP contribution in [0.2, 0.25) is 0 Å². The van der Waals surface area contributed by atoms with Gasteiger partial charge >= 0.3 is 37.9 Å². The molecule has 0 aromatic rings. The summed E-state index contributed by atoms with van der Waals surface area (Å²) in [4.78, 5) is 0. The maximum absolute atomic E-state index is 4.93. The van der Waals surface area contributed by atoms with Crippen LogP contribution in [0.5, 0.6) is 0 Å². The van der Waals surface area contributed by atoms with E-state index in [1.165, 1.54) is 44.9 Å². The molecule has 7 aliphatic carbocycles. The fraction of sp³-hybridized carbons (Fsp3) is 0.783. The molecule has 7 aliphatic rings. The summed E-state index contributed by atoms with van der Waals surface area (Å²) in [5.41, 5.74) is 9.23. The number of hydrogen-bond donors (Lipinski definition) is 0.